The van der Waals surface area contributed by atoms with Crippen molar-refractivity contribution in [2.24, 2.45) is 15.9 Å². The number of nitrogens with one attached hydrogen (secondary N) is 2. The third kappa shape index (κ3) is 7.24. The summed E-state index contributed by atoms with van der Waals surface area (Å²) < 4.78 is 6.32. The molecule has 2 N–H and O–H groups in total. The van der Waals surface area contributed by atoms with Gasteiger partial charge >= 0.3 is 0 Å². The molecule has 2 heterocycles. The Morgan fingerprint density at radius 1 is 0.977 bits per heavy atom. The first kappa shape index (κ1) is 31.1. The zero-order valence-electron chi connectivity index (χ0n) is 27.2. The molecule has 3 aromatic rings. The van der Waals surface area contributed by atoms with Crippen LogP contribution < -0.4 is 15.4 Å². The SMILES string of the molecule is CCCC(=NCC)Nc1cc(-c2ccc3c(c2)CN(C2=C(C)C(Nc4ccc(C)cc4)=NC=CC2CC)CCO3)ccc1C. The fourth-order valence-electron chi connectivity index (χ4n) is 5.99. The summed E-state index contributed by atoms with van der Waals surface area (Å²) in [5.41, 5.74) is 10.6. The number of hydrogen-bond donors (Lipinski definition) is 2. The quantitative estimate of drug-likeness (QED) is 0.203. The van der Waals surface area contributed by atoms with Gasteiger partial charge in [-0.3, -0.25) is 4.99 Å². The summed E-state index contributed by atoms with van der Waals surface area (Å²) >= 11 is 0. The van der Waals surface area contributed by atoms with E-state index in [1.54, 1.807) is 0 Å². The summed E-state index contributed by atoms with van der Waals surface area (Å²) in [6, 6.07) is 21.8. The second kappa shape index (κ2) is 14.4. The number of aliphatic imine (C=N–C) groups is 2. The maximum absolute atomic E-state index is 6.32. The maximum Gasteiger partial charge on any atom is 0.134 e. The molecule has 0 saturated carbocycles. The second-order valence-electron chi connectivity index (χ2n) is 11.8. The van der Waals surface area contributed by atoms with Crippen LogP contribution in [0.2, 0.25) is 0 Å². The van der Waals surface area contributed by atoms with Gasteiger partial charge < -0.3 is 20.3 Å². The summed E-state index contributed by atoms with van der Waals surface area (Å²) in [5.74, 6) is 3.18. The Kier molecular flexibility index (Phi) is 10.2. The standard InChI is InChI=1S/C38H47N5O/c1-7-10-36(39-9-3)42-34-24-31(14-13-27(34)5)30-15-18-35-32(23-30)25-43(21-22-44-35)37-28(6)38(40-20-19-29(37)8-2)41-33-16-11-26(4)12-17-33/h11-20,23-24,29H,7-10,21-22,25H2,1-6H3,(H,39,42)(H,40,41). The van der Waals surface area contributed by atoms with Crippen molar-refractivity contribution in [3.05, 3.63) is 101 Å². The highest BCUT2D eigenvalue weighted by atomic mass is 16.5. The molecule has 5 rings (SSSR count). The van der Waals surface area contributed by atoms with Crippen molar-refractivity contribution in [2.45, 2.75) is 67.3 Å². The van der Waals surface area contributed by atoms with Gasteiger partial charge in [-0.2, -0.15) is 0 Å². The lowest BCUT2D eigenvalue weighted by Crippen LogP contribution is -2.31. The molecule has 2 aliphatic rings. The van der Waals surface area contributed by atoms with Gasteiger partial charge in [-0.15, -0.1) is 0 Å². The first-order chi connectivity index (χ1) is 21.4. The molecule has 6 nitrogen and oxygen atoms in total. The van der Waals surface area contributed by atoms with Gasteiger partial charge in [0, 0.05) is 59.8 Å². The van der Waals surface area contributed by atoms with Gasteiger partial charge in [0.2, 0.25) is 0 Å². The predicted molar refractivity (Wildman–Crippen MR) is 187 cm³/mol. The van der Waals surface area contributed by atoms with Crippen LogP contribution in [-0.4, -0.2) is 36.3 Å². The Labute approximate surface area is 263 Å². The Hall–Kier alpha value is -4.32. The summed E-state index contributed by atoms with van der Waals surface area (Å²) in [6.07, 6.45) is 7.20. The Balaban J connectivity index is 1.45. The molecule has 0 spiro atoms. The maximum atomic E-state index is 6.32. The Bertz CT molecular complexity index is 1580. The van der Waals surface area contributed by atoms with Gasteiger partial charge in [0.05, 0.1) is 6.54 Å². The van der Waals surface area contributed by atoms with Crippen molar-refractivity contribution in [1.29, 1.82) is 0 Å². The molecule has 0 aliphatic carbocycles. The van der Waals surface area contributed by atoms with Gasteiger partial charge in [0.15, 0.2) is 0 Å². The van der Waals surface area contributed by atoms with Gasteiger partial charge in [0.25, 0.3) is 0 Å². The average Bonchev–Trinajstić information content (AvgIpc) is 3.32. The lowest BCUT2D eigenvalue weighted by molar-refractivity contribution is 0.250. The third-order valence-corrected chi connectivity index (χ3v) is 8.43. The molecule has 230 valence electrons. The fraction of sp³-hybridized carbons (Fsp3) is 0.368. The van der Waals surface area contributed by atoms with Gasteiger partial charge in [0.1, 0.15) is 24.0 Å². The van der Waals surface area contributed by atoms with Gasteiger partial charge in [-0.05, 0) is 87.6 Å². The van der Waals surface area contributed by atoms with Crippen molar-refractivity contribution in [2.75, 3.05) is 30.3 Å². The van der Waals surface area contributed by atoms with Crippen LogP contribution in [0.3, 0.4) is 0 Å². The molecule has 2 aliphatic heterocycles. The zero-order valence-corrected chi connectivity index (χ0v) is 27.2. The molecular weight excluding hydrogens is 542 g/mol. The number of ether oxygens (including phenoxy) is 1. The summed E-state index contributed by atoms with van der Waals surface area (Å²) in [4.78, 5) is 12.0. The summed E-state index contributed by atoms with van der Waals surface area (Å²) in [5, 5.41) is 7.20. The van der Waals surface area contributed by atoms with Crippen molar-refractivity contribution >= 4 is 23.0 Å². The number of hydrogen-bond acceptors (Lipinski definition) is 5. The number of benzene rings is 3. The van der Waals surface area contributed by atoms with E-state index in [2.05, 4.69) is 124 Å². The molecule has 1 unspecified atom stereocenters. The van der Waals surface area contributed by atoms with Crippen LogP contribution in [-0.2, 0) is 6.54 Å². The highest BCUT2D eigenvalue weighted by molar-refractivity contribution is 6.08. The topological polar surface area (TPSA) is 61.2 Å². The van der Waals surface area contributed by atoms with Crippen LogP contribution in [0.15, 0.2) is 94.2 Å². The minimum atomic E-state index is 0.272. The number of nitrogens with zero attached hydrogens (tertiary/aromatic N) is 3. The largest absolute Gasteiger partial charge is 0.491 e. The molecule has 0 fully saturated rings. The monoisotopic (exact) mass is 589 g/mol. The van der Waals surface area contributed by atoms with Crippen LogP contribution in [0.4, 0.5) is 11.4 Å². The predicted octanol–water partition coefficient (Wildman–Crippen LogP) is 9.13. The number of amidine groups is 2. The van der Waals surface area contributed by atoms with Gasteiger partial charge in [-0.1, -0.05) is 55.8 Å². The fourth-order valence-corrected chi connectivity index (χ4v) is 5.99. The van der Waals surface area contributed by atoms with Crippen molar-refractivity contribution in [1.82, 2.24) is 4.90 Å². The number of fused-ring (bicyclic) bond motifs is 1. The van der Waals surface area contributed by atoms with E-state index in [1.807, 2.05) is 6.20 Å². The van der Waals surface area contributed by atoms with E-state index in [4.69, 9.17) is 14.7 Å². The molecule has 0 radical (unpaired) electrons. The molecule has 44 heavy (non-hydrogen) atoms. The van der Waals surface area contributed by atoms with Crippen molar-refractivity contribution in [3.8, 4) is 16.9 Å². The second-order valence-corrected chi connectivity index (χ2v) is 11.8. The van der Waals surface area contributed by atoms with E-state index in [-0.39, 0.29) is 5.92 Å². The molecule has 0 bridgehead atoms. The normalized spacial score (nSPS) is 17.0. The van der Waals surface area contributed by atoms with E-state index in [0.29, 0.717) is 6.61 Å². The number of aryl methyl sites for hydroxylation is 2. The lowest BCUT2D eigenvalue weighted by atomic mass is 9.95. The lowest BCUT2D eigenvalue weighted by Gasteiger charge is -2.31. The van der Waals surface area contributed by atoms with E-state index in [9.17, 15) is 0 Å². The van der Waals surface area contributed by atoms with Crippen LogP contribution >= 0.6 is 0 Å². The van der Waals surface area contributed by atoms with E-state index in [0.717, 1.165) is 67.7 Å². The zero-order chi connectivity index (χ0) is 31.1. The van der Waals surface area contributed by atoms with Crippen LogP contribution in [0.5, 0.6) is 5.75 Å². The van der Waals surface area contributed by atoms with Crippen LogP contribution in [0.1, 0.15) is 63.6 Å². The first-order valence-electron chi connectivity index (χ1n) is 16.1. The highest BCUT2D eigenvalue weighted by Gasteiger charge is 2.26. The molecule has 6 heteroatoms. The third-order valence-electron chi connectivity index (χ3n) is 8.43. The van der Waals surface area contributed by atoms with E-state index in [1.165, 1.54) is 39.1 Å². The molecule has 0 saturated heterocycles. The highest BCUT2D eigenvalue weighted by Crippen LogP contribution is 2.35. The number of anilines is 2. The summed E-state index contributed by atoms with van der Waals surface area (Å²) in [7, 11) is 0. The first-order valence-corrected chi connectivity index (χ1v) is 16.1. The van der Waals surface area contributed by atoms with Crippen molar-refractivity contribution in [3.63, 3.8) is 0 Å². The Morgan fingerprint density at radius 3 is 2.50 bits per heavy atom. The minimum absolute atomic E-state index is 0.272. The molecule has 0 aromatic heterocycles. The van der Waals surface area contributed by atoms with E-state index < -0.39 is 0 Å². The number of allylic oxidation sites excluding steroid dienone is 1. The molecule has 1 atom stereocenters. The smallest absolute Gasteiger partial charge is 0.134 e. The van der Waals surface area contributed by atoms with Crippen LogP contribution in [0, 0.1) is 19.8 Å². The average molecular weight is 590 g/mol. The van der Waals surface area contributed by atoms with Gasteiger partial charge in [-0.25, -0.2) is 4.99 Å². The Morgan fingerprint density at radius 2 is 1.75 bits per heavy atom. The molecular formula is C38H47N5O. The minimum Gasteiger partial charge on any atom is -0.491 e. The summed E-state index contributed by atoms with van der Waals surface area (Å²) in [6.45, 7) is 16.0. The van der Waals surface area contributed by atoms with Crippen LogP contribution in [0.25, 0.3) is 11.1 Å². The van der Waals surface area contributed by atoms with E-state index >= 15 is 0 Å². The molecule has 0 amide bonds. The molecule has 3 aromatic carbocycles. The van der Waals surface area contributed by atoms with Crippen molar-refractivity contribution < 1.29 is 4.74 Å². The number of rotatable bonds is 8.